The number of hydrogen-bond donors (Lipinski definition) is 2. The summed E-state index contributed by atoms with van der Waals surface area (Å²) in [6.07, 6.45) is 2.15. The molecule has 2 atom stereocenters. The first-order valence-corrected chi connectivity index (χ1v) is 9.77. The Morgan fingerprint density at radius 3 is 2.65 bits per heavy atom. The number of aliphatic hydroxyl groups is 1. The van der Waals surface area contributed by atoms with E-state index < -0.39 is 8.07 Å². The van der Waals surface area contributed by atoms with E-state index >= 15 is 0 Å². The van der Waals surface area contributed by atoms with E-state index in [-0.39, 0.29) is 6.10 Å². The molecule has 0 amide bonds. The van der Waals surface area contributed by atoms with Gasteiger partial charge in [0, 0.05) is 6.04 Å². The van der Waals surface area contributed by atoms with Gasteiger partial charge in [-0.3, -0.25) is 0 Å². The van der Waals surface area contributed by atoms with E-state index in [1.807, 2.05) is 0 Å². The van der Waals surface area contributed by atoms with Gasteiger partial charge in [-0.05, 0) is 25.4 Å². The van der Waals surface area contributed by atoms with Gasteiger partial charge >= 0.3 is 0 Å². The van der Waals surface area contributed by atoms with Gasteiger partial charge in [-0.15, -0.1) is 0 Å². The maximum Gasteiger partial charge on any atom is 0.0832 e. The highest BCUT2D eigenvalue weighted by molar-refractivity contribution is 6.89. The van der Waals surface area contributed by atoms with Crippen molar-refractivity contribution >= 4 is 13.3 Å². The topological polar surface area (TPSA) is 32.3 Å². The van der Waals surface area contributed by atoms with E-state index in [1.54, 1.807) is 0 Å². The number of benzene rings is 1. The lowest BCUT2D eigenvalue weighted by Crippen LogP contribution is -2.48. The van der Waals surface area contributed by atoms with Crippen LogP contribution in [0.5, 0.6) is 0 Å². The van der Waals surface area contributed by atoms with E-state index in [0.29, 0.717) is 6.04 Å². The second-order valence-corrected chi connectivity index (χ2v) is 10.5. The zero-order chi connectivity index (χ0) is 12.3. The van der Waals surface area contributed by atoms with Crippen molar-refractivity contribution in [2.24, 2.45) is 0 Å². The first-order chi connectivity index (χ1) is 8.09. The SMILES string of the molecule is C[Si](C)(C[C@@H](O)[C@@H]1CCCN1)c1ccccc1. The second-order valence-electron chi connectivity index (χ2n) is 5.72. The van der Waals surface area contributed by atoms with Crippen molar-refractivity contribution in [1.29, 1.82) is 0 Å². The normalized spacial score (nSPS) is 22.6. The fourth-order valence-electron chi connectivity index (χ4n) is 2.71. The summed E-state index contributed by atoms with van der Waals surface area (Å²) in [5.41, 5.74) is 0. The van der Waals surface area contributed by atoms with Crippen molar-refractivity contribution < 1.29 is 5.11 Å². The Labute approximate surface area is 105 Å². The third kappa shape index (κ3) is 3.18. The minimum Gasteiger partial charge on any atom is -0.392 e. The summed E-state index contributed by atoms with van der Waals surface area (Å²) < 4.78 is 0. The summed E-state index contributed by atoms with van der Waals surface area (Å²) in [7, 11) is -1.50. The fraction of sp³-hybridized carbons (Fsp3) is 0.571. The van der Waals surface area contributed by atoms with Gasteiger partial charge in [0.2, 0.25) is 0 Å². The summed E-state index contributed by atoms with van der Waals surface area (Å²) in [5, 5.41) is 15.2. The lowest BCUT2D eigenvalue weighted by atomic mass is 10.1. The molecule has 17 heavy (non-hydrogen) atoms. The monoisotopic (exact) mass is 249 g/mol. The molecular weight excluding hydrogens is 226 g/mol. The smallest absolute Gasteiger partial charge is 0.0832 e. The molecule has 1 aliphatic heterocycles. The zero-order valence-electron chi connectivity index (χ0n) is 10.8. The quantitative estimate of drug-likeness (QED) is 0.796. The van der Waals surface area contributed by atoms with Crippen LogP contribution in [0.1, 0.15) is 12.8 Å². The van der Waals surface area contributed by atoms with E-state index in [0.717, 1.165) is 19.0 Å². The first-order valence-electron chi connectivity index (χ1n) is 6.56. The molecule has 0 aliphatic carbocycles. The third-order valence-corrected chi connectivity index (χ3v) is 7.17. The van der Waals surface area contributed by atoms with Crippen molar-refractivity contribution in [2.75, 3.05) is 6.54 Å². The van der Waals surface area contributed by atoms with E-state index in [2.05, 4.69) is 48.7 Å². The van der Waals surface area contributed by atoms with Gasteiger partial charge in [0.1, 0.15) is 0 Å². The Morgan fingerprint density at radius 2 is 2.06 bits per heavy atom. The molecule has 1 aliphatic rings. The van der Waals surface area contributed by atoms with Gasteiger partial charge < -0.3 is 10.4 Å². The molecule has 1 aromatic carbocycles. The molecule has 2 rings (SSSR count). The van der Waals surface area contributed by atoms with Crippen LogP contribution in [-0.2, 0) is 0 Å². The molecule has 3 heteroatoms. The highest BCUT2D eigenvalue weighted by Gasteiger charge is 2.31. The molecule has 0 spiro atoms. The minimum absolute atomic E-state index is 0.181. The van der Waals surface area contributed by atoms with Crippen LogP contribution < -0.4 is 10.5 Å². The van der Waals surface area contributed by atoms with Crippen LogP contribution in [0, 0.1) is 0 Å². The molecule has 0 radical (unpaired) electrons. The molecule has 94 valence electrons. The van der Waals surface area contributed by atoms with Gasteiger partial charge in [0.25, 0.3) is 0 Å². The van der Waals surface area contributed by atoms with Crippen LogP contribution in [-0.4, -0.2) is 31.9 Å². The molecule has 0 saturated carbocycles. The number of hydrogen-bond acceptors (Lipinski definition) is 2. The van der Waals surface area contributed by atoms with Crippen molar-refractivity contribution in [3.63, 3.8) is 0 Å². The van der Waals surface area contributed by atoms with Gasteiger partial charge in [-0.25, -0.2) is 0 Å². The molecule has 1 heterocycles. The van der Waals surface area contributed by atoms with E-state index in [1.165, 1.54) is 11.6 Å². The van der Waals surface area contributed by atoms with Crippen molar-refractivity contribution in [2.45, 2.75) is 44.1 Å². The van der Waals surface area contributed by atoms with E-state index in [9.17, 15) is 5.11 Å². The largest absolute Gasteiger partial charge is 0.392 e. The standard InChI is InChI=1S/C14H23NOSi/c1-17(2,12-7-4-3-5-8-12)11-14(16)13-9-6-10-15-13/h3-5,7-8,13-16H,6,9-11H2,1-2H3/t13-,14+/m0/s1. The lowest BCUT2D eigenvalue weighted by molar-refractivity contribution is 0.153. The number of aliphatic hydroxyl groups excluding tert-OH is 1. The summed E-state index contributed by atoms with van der Waals surface area (Å²) in [5.74, 6) is 0. The number of rotatable bonds is 4. The molecule has 0 unspecified atom stereocenters. The average molecular weight is 249 g/mol. The zero-order valence-corrected chi connectivity index (χ0v) is 11.8. The minimum atomic E-state index is -1.50. The van der Waals surface area contributed by atoms with Crippen molar-refractivity contribution in [1.82, 2.24) is 5.32 Å². The molecule has 1 fully saturated rings. The van der Waals surface area contributed by atoms with Crippen molar-refractivity contribution in [3.05, 3.63) is 30.3 Å². The van der Waals surface area contributed by atoms with Gasteiger partial charge in [-0.2, -0.15) is 0 Å². The molecule has 1 aromatic rings. The van der Waals surface area contributed by atoms with Crippen LogP contribution >= 0.6 is 0 Å². The highest BCUT2D eigenvalue weighted by Crippen LogP contribution is 2.19. The van der Waals surface area contributed by atoms with Crippen LogP contribution in [0.25, 0.3) is 0 Å². The summed E-state index contributed by atoms with van der Waals surface area (Å²) in [4.78, 5) is 0. The van der Waals surface area contributed by atoms with Gasteiger partial charge in [-0.1, -0.05) is 48.6 Å². The maximum atomic E-state index is 10.3. The summed E-state index contributed by atoms with van der Waals surface area (Å²) in [6.45, 7) is 5.76. The predicted molar refractivity (Wildman–Crippen MR) is 75.4 cm³/mol. The Balaban J connectivity index is 2.01. The Morgan fingerprint density at radius 1 is 1.35 bits per heavy atom. The Bertz CT molecular complexity index is 346. The third-order valence-electron chi connectivity index (χ3n) is 3.84. The highest BCUT2D eigenvalue weighted by atomic mass is 28.3. The average Bonchev–Trinajstić information content (AvgIpc) is 2.83. The summed E-state index contributed by atoms with van der Waals surface area (Å²) >= 11 is 0. The van der Waals surface area contributed by atoms with Crippen LogP contribution in [0.4, 0.5) is 0 Å². The van der Waals surface area contributed by atoms with Crippen LogP contribution in [0.3, 0.4) is 0 Å². The van der Waals surface area contributed by atoms with Gasteiger partial charge in [0.15, 0.2) is 0 Å². The van der Waals surface area contributed by atoms with Crippen molar-refractivity contribution in [3.8, 4) is 0 Å². The second kappa shape index (κ2) is 5.34. The molecular formula is C14H23NOSi. The Hall–Kier alpha value is -0.643. The van der Waals surface area contributed by atoms with Gasteiger partial charge in [0.05, 0.1) is 14.2 Å². The van der Waals surface area contributed by atoms with Crippen LogP contribution in [0.15, 0.2) is 30.3 Å². The summed E-state index contributed by atoms with van der Waals surface area (Å²) in [6, 6.07) is 12.0. The maximum absolute atomic E-state index is 10.3. The molecule has 2 N–H and O–H groups in total. The van der Waals surface area contributed by atoms with E-state index in [4.69, 9.17) is 0 Å². The molecule has 1 saturated heterocycles. The first kappa shape index (κ1) is 12.8. The molecule has 0 aromatic heterocycles. The number of nitrogens with one attached hydrogen (secondary N) is 1. The van der Waals surface area contributed by atoms with Crippen LogP contribution in [0.2, 0.25) is 19.1 Å². The molecule has 2 nitrogen and oxygen atoms in total. The Kier molecular flexibility index (Phi) is 4.02. The lowest BCUT2D eigenvalue weighted by Gasteiger charge is -2.28. The molecule has 0 bridgehead atoms. The predicted octanol–water partition coefficient (Wildman–Crippen LogP) is 1.71. The fourth-order valence-corrected chi connectivity index (χ4v) is 5.37.